The summed E-state index contributed by atoms with van der Waals surface area (Å²) in [5.74, 6) is 1.05. The summed E-state index contributed by atoms with van der Waals surface area (Å²) in [5, 5.41) is 4.37. The third kappa shape index (κ3) is 3.23. The fourth-order valence-electron chi connectivity index (χ4n) is 3.58. The van der Waals surface area contributed by atoms with Gasteiger partial charge in [-0.1, -0.05) is 20.8 Å². The third-order valence-corrected chi connectivity index (χ3v) is 4.51. The summed E-state index contributed by atoms with van der Waals surface area (Å²) in [6.45, 7) is 10.2. The van der Waals surface area contributed by atoms with E-state index in [4.69, 9.17) is 4.74 Å². The lowest BCUT2D eigenvalue weighted by Gasteiger charge is -2.23. The van der Waals surface area contributed by atoms with Crippen LogP contribution in [0.5, 0.6) is 5.88 Å². The number of ether oxygens (including phenoxy) is 1. The maximum Gasteiger partial charge on any atom is 0.274 e. The Morgan fingerprint density at radius 3 is 2.79 bits per heavy atom. The van der Waals surface area contributed by atoms with Crippen LogP contribution in [0.3, 0.4) is 0 Å². The van der Waals surface area contributed by atoms with Gasteiger partial charge in [-0.3, -0.25) is 4.79 Å². The lowest BCUT2D eigenvalue weighted by atomic mass is 9.84. The van der Waals surface area contributed by atoms with E-state index in [1.807, 2.05) is 17.9 Å². The Balaban J connectivity index is 1.85. The molecule has 2 aromatic heterocycles. The molecule has 2 aromatic rings. The Morgan fingerprint density at radius 2 is 2.12 bits per heavy atom. The minimum Gasteiger partial charge on any atom is -0.480 e. The molecule has 0 aliphatic carbocycles. The molecule has 0 N–H and O–H groups in total. The number of methoxy groups -OCH3 is 1. The standard InChI is InChI=1S/C18H26N4O2/c1-12-16(22-14(19-12)6-7-15(20-22)24-5)17(23)21-9-8-13(11-21)10-18(2,3)4/h6-7,13H,8-11H2,1-5H3. The van der Waals surface area contributed by atoms with Crippen LogP contribution in [0, 0.1) is 18.3 Å². The first-order valence-corrected chi connectivity index (χ1v) is 8.48. The Bertz CT molecular complexity index is 760. The zero-order chi connectivity index (χ0) is 17.5. The van der Waals surface area contributed by atoms with E-state index >= 15 is 0 Å². The summed E-state index contributed by atoms with van der Waals surface area (Å²) in [6.07, 6.45) is 2.20. The predicted molar refractivity (Wildman–Crippen MR) is 92.4 cm³/mol. The highest BCUT2D eigenvalue weighted by Gasteiger charge is 2.32. The van der Waals surface area contributed by atoms with Crippen molar-refractivity contribution < 1.29 is 9.53 Å². The highest BCUT2D eigenvalue weighted by molar-refractivity contribution is 5.94. The van der Waals surface area contributed by atoms with Crippen molar-refractivity contribution in [1.29, 1.82) is 0 Å². The molecule has 6 heteroatoms. The number of aromatic nitrogens is 3. The minimum absolute atomic E-state index is 0.0113. The molecule has 1 unspecified atom stereocenters. The molecule has 1 atom stereocenters. The molecule has 3 rings (SSSR count). The second-order valence-electron chi connectivity index (χ2n) is 7.86. The van der Waals surface area contributed by atoms with Crippen molar-refractivity contribution in [3.63, 3.8) is 0 Å². The van der Waals surface area contributed by atoms with E-state index in [2.05, 4.69) is 30.9 Å². The lowest BCUT2D eigenvalue weighted by Crippen LogP contribution is -2.31. The number of likely N-dealkylation sites (tertiary alicyclic amines) is 1. The van der Waals surface area contributed by atoms with Crippen molar-refractivity contribution in [2.75, 3.05) is 20.2 Å². The van der Waals surface area contributed by atoms with Crippen LogP contribution in [0.25, 0.3) is 5.65 Å². The smallest absolute Gasteiger partial charge is 0.274 e. The minimum atomic E-state index is 0.0113. The van der Waals surface area contributed by atoms with Gasteiger partial charge >= 0.3 is 0 Å². The maximum absolute atomic E-state index is 13.0. The molecule has 1 saturated heterocycles. The molecule has 3 heterocycles. The first-order valence-electron chi connectivity index (χ1n) is 8.48. The molecule has 6 nitrogen and oxygen atoms in total. The zero-order valence-corrected chi connectivity index (χ0v) is 15.2. The maximum atomic E-state index is 13.0. The van der Waals surface area contributed by atoms with E-state index < -0.39 is 0 Å². The lowest BCUT2D eigenvalue weighted by molar-refractivity contribution is 0.0774. The average molecular weight is 330 g/mol. The molecule has 1 aliphatic heterocycles. The molecule has 1 amide bonds. The first kappa shape index (κ1) is 16.7. The summed E-state index contributed by atoms with van der Waals surface area (Å²) in [5.41, 5.74) is 2.21. The number of rotatable bonds is 3. The van der Waals surface area contributed by atoms with Gasteiger partial charge in [0.25, 0.3) is 5.91 Å². The molecule has 0 radical (unpaired) electrons. The van der Waals surface area contributed by atoms with E-state index in [0.29, 0.717) is 28.8 Å². The van der Waals surface area contributed by atoms with Crippen LogP contribution in [0.2, 0.25) is 0 Å². The quantitative estimate of drug-likeness (QED) is 0.868. The normalized spacial score (nSPS) is 18.4. The molecular formula is C18H26N4O2. The number of carbonyl (C=O) groups is 1. The van der Waals surface area contributed by atoms with Gasteiger partial charge in [-0.2, -0.15) is 0 Å². The summed E-state index contributed by atoms with van der Waals surface area (Å²) < 4.78 is 6.78. The summed E-state index contributed by atoms with van der Waals surface area (Å²) in [6, 6.07) is 3.58. The predicted octanol–water partition coefficient (Wildman–Crippen LogP) is 2.94. The van der Waals surface area contributed by atoms with E-state index in [0.717, 1.165) is 25.9 Å². The van der Waals surface area contributed by atoms with Gasteiger partial charge in [0.05, 0.1) is 12.8 Å². The van der Waals surface area contributed by atoms with Gasteiger partial charge in [-0.05, 0) is 37.2 Å². The van der Waals surface area contributed by atoms with Crippen LogP contribution < -0.4 is 4.74 Å². The van der Waals surface area contributed by atoms with E-state index in [1.54, 1.807) is 17.7 Å². The molecule has 24 heavy (non-hydrogen) atoms. The fraction of sp³-hybridized carbons (Fsp3) is 0.611. The number of amides is 1. The molecule has 0 aromatic carbocycles. The molecule has 130 valence electrons. The Morgan fingerprint density at radius 1 is 1.38 bits per heavy atom. The van der Waals surface area contributed by atoms with Crippen molar-refractivity contribution in [3.8, 4) is 5.88 Å². The second-order valence-corrected chi connectivity index (χ2v) is 7.86. The Hall–Kier alpha value is -2.11. The largest absolute Gasteiger partial charge is 0.480 e. The zero-order valence-electron chi connectivity index (χ0n) is 15.2. The van der Waals surface area contributed by atoms with Gasteiger partial charge in [0, 0.05) is 19.2 Å². The first-order chi connectivity index (χ1) is 11.3. The molecule has 0 spiro atoms. The number of aryl methyl sites for hydroxylation is 1. The monoisotopic (exact) mass is 330 g/mol. The summed E-state index contributed by atoms with van der Waals surface area (Å²) >= 11 is 0. The Kier molecular flexibility index (Phi) is 4.24. The molecule has 1 fully saturated rings. The topological polar surface area (TPSA) is 59.7 Å². The number of hydrogen-bond donors (Lipinski definition) is 0. The molecule has 0 saturated carbocycles. The van der Waals surface area contributed by atoms with Crippen molar-refractivity contribution in [2.45, 2.75) is 40.5 Å². The second kappa shape index (κ2) is 6.07. The molecule has 1 aliphatic rings. The van der Waals surface area contributed by atoms with Crippen LogP contribution in [-0.2, 0) is 0 Å². The van der Waals surface area contributed by atoms with Crippen molar-refractivity contribution >= 4 is 11.6 Å². The van der Waals surface area contributed by atoms with Gasteiger partial charge in [-0.15, -0.1) is 5.10 Å². The number of hydrogen-bond acceptors (Lipinski definition) is 4. The van der Waals surface area contributed by atoms with E-state index in [9.17, 15) is 4.79 Å². The van der Waals surface area contributed by atoms with Crippen LogP contribution in [0.1, 0.15) is 49.8 Å². The number of imidazole rings is 1. The van der Waals surface area contributed by atoms with Crippen LogP contribution in [0.15, 0.2) is 12.1 Å². The third-order valence-electron chi connectivity index (χ3n) is 4.51. The SMILES string of the molecule is COc1ccc2nc(C)c(C(=O)N3CCC(CC(C)(C)C)C3)n2n1. The van der Waals surface area contributed by atoms with Gasteiger partial charge in [-0.25, -0.2) is 9.50 Å². The van der Waals surface area contributed by atoms with E-state index in [-0.39, 0.29) is 11.3 Å². The number of nitrogens with zero attached hydrogens (tertiary/aromatic N) is 4. The van der Waals surface area contributed by atoms with Crippen LogP contribution in [0.4, 0.5) is 0 Å². The number of fused-ring (bicyclic) bond motifs is 1. The Labute approximate surface area is 142 Å². The highest BCUT2D eigenvalue weighted by Crippen LogP contribution is 2.31. The molecule has 0 bridgehead atoms. The summed E-state index contributed by atoms with van der Waals surface area (Å²) in [7, 11) is 1.57. The van der Waals surface area contributed by atoms with Crippen molar-refractivity contribution in [3.05, 3.63) is 23.5 Å². The molecular weight excluding hydrogens is 304 g/mol. The average Bonchev–Trinajstić information content (AvgIpc) is 3.07. The van der Waals surface area contributed by atoms with Crippen molar-refractivity contribution in [1.82, 2.24) is 19.5 Å². The van der Waals surface area contributed by atoms with Gasteiger partial charge < -0.3 is 9.64 Å². The van der Waals surface area contributed by atoms with Gasteiger partial charge in [0.2, 0.25) is 5.88 Å². The van der Waals surface area contributed by atoms with Crippen LogP contribution in [-0.4, -0.2) is 45.6 Å². The highest BCUT2D eigenvalue weighted by atomic mass is 16.5. The number of carbonyl (C=O) groups excluding carboxylic acids is 1. The van der Waals surface area contributed by atoms with Gasteiger partial charge in [0.15, 0.2) is 11.3 Å². The van der Waals surface area contributed by atoms with Crippen molar-refractivity contribution in [2.24, 2.45) is 11.3 Å². The fourth-order valence-corrected chi connectivity index (χ4v) is 3.58. The van der Waals surface area contributed by atoms with Crippen LogP contribution >= 0.6 is 0 Å². The van der Waals surface area contributed by atoms with E-state index in [1.165, 1.54) is 0 Å². The van der Waals surface area contributed by atoms with Gasteiger partial charge in [0.1, 0.15) is 0 Å². The summed E-state index contributed by atoms with van der Waals surface area (Å²) in [4.78, 5) is 19.4.